The largest absolute Gasteiger partial charge is 0.345 e. The van der Waals surface area contributed by atoms with Crippen molar-refractivity contribution in [1.82, 2.24) is 5.32 Å². The van der Waals surface area contributed by atoms with Crippen LogP contribution in [0.4, 0.5) is 0 Å². The van der Waals surface area contributed by atoms with E-state index in [4.69, 9.17) is 11.5 Å². The highest BCUT2D eigenvalue weighted by Gasteiger charge is 2.14. The monoisotopic (exact) mass is 200 g/mol. The van der Waals surface area contributed by atoms with Gasteiger partial charge in [-0.2, -0.15) is 0 Å². The molecule has 0 bridgehead atoms. The van der Waals surface area contributed by atoms with Gasteiger partial charge in [-0.05, 0) is 26.3 Å². The number of nitrogens with one attached hydrogen (secondary N) is 1. The molecule has 14 heavy (non-hydrogen) atoms. The molecule has 5 N–H and O–H groups in total. The average Bonchev–Trinajstić information content (AvgIpc) is 2.17. The first-order chi connectivity index (χ1) is 6.61. The highest BCUT2D eigenvalue weighted by Crippen LogP contribution is 1.98. The second kappa shape index (κ2) is 7.46. The lowest BCUT2D eigenvalue weighted by Crippen LogP contribution is -2.44. The fraction of sp³-hybridized carbons (Fsp3) is 0.778. The van der Waals surface area contributed by atoms with Crippen LogP contribution in [0.3, 0.4) is 0 Å². The first kappa shape index (κ1) is 13.1. The summed E-state index contributed by atoms with van der Waals surface area (Å²) in [5, 5.41) is 2.44. The summed E-state index contributed by atoms with van der Waals surface area (Å²) < 4.78 is 0. The minimum Gasteiger partial charge on any atom is -0.345 e. The highest BCUT2D eigenvalue weighted by molar-refractivity contribution is 5.84. The molecule has 0 rings (SSSR count). The van der Waals surface area contributed by atoms with E-state index in [-0.39, 0.29) is 5.91 Å². The molecule has 5 nitrogen and oxygen atoms in total. The van der Waals surface area contributed by atoms with Crippen molar-refractivity contribution in [3.05, 3.63) is 0 Å². The Balaban J connectivity index is 3.70. The second-order valence-corrected chi connectivity index (χ2v) is 3.24. The third kappa shape index (κ3) is 5.66. The first-order valence-electron chi connectivity index (χ1n) is 4.75. The maximum atomic E-state index is 11.3. The molecule has 0 aliphatic carbocycles. The maximum absolute atomic E-state index is 11.3. The fourth-order valence-electron chi connectivity index (χ4n) is 0.990. The molecule has 0 fully saturated rings. The Morgan fingerprint density at radius 1 is 1.50 bits per heavy atom. The predicted molar refractivity (Wildman–Crippen MR) is 54.2 cm³/mol. The van der Waals surface area contributed by atoms with E-state index in [1.807, 2.05) is 0 Å². The molecule has 0 aromatic carbocycles. The second-order valence-electron chi connectivity index (χ2n) is 3.24. The Kier molecular flexibility index (Phi) is 6.96. The van der Waals surface area contributed by atoms with Crippen LogP contribution in [0.1, 0.15) is 26.2 Å². The lowest BCUT2D eigenvalue weighted by molar-refractivity contribution is -0.122. The Morgan fingerprint density at radius 3 is 2.64 bits per heavy atom. The summed E-state index contributed by atoms with van der Waals surface area (Å²) in [6.45, 7) is 2.16. The maximum Gasteiger partial charge on any atom is 0.237 e. The fourth-order valence-corrected chi connectivity index (χ4v) is 0.990. The van der Waals surface area contributed by atoms with Crippen LogP contribution in [0.15, 0.2) is 0 Å². The highest BCUT2D eigenvalue weighted by atomic mass is 16.2. The molecule has 2 atom stereocenters. The predicted octanol–water partition coefficient (Wildman–Crippen LogP) is -0.943. The van der Waals surface area contributed by atoms with E-state index >= 15 is 0 Å². The molecule has 1 amide bonds. The van der Waals surface area contributed by atoms with E-state index in [0.29, 0.717) is 13.0 Å². The van der Waals surface area contributed by atoms with Gasteiger partial charge in [0.2, 0.25) is 12.2 Å². The van der Waals surface area contributed by atoms with E-state index in [1.54, 1.807) is 13.2 Å². The summed E-state index contributed by atoms with van der Waals surface area (Å²) in [6, 6.07) is -1.15. The Hall–Kier alpha value is -0.940. The first-order valence-corrected chi connectivity index (χ1v) is 4.75. The van der Waals surface area contributed by atoms with Crippen LogP contribution in [0.25, 0.3) is 0 Å². The van der Waals surface area contributed by atoms with Crippen LogP contribution in [0, 0.1) is 0 Å². The van der Waals surface area contributed by atoms with E-state index in [0.717, 1.165) is 12.8 Å². The molecule has 0 aliphatic rings. The van der Waals surface area contributed by atoms with E-state index in [1.165, 1.54) is 0 Å². The van der Waals surface area contributed by atoms with Gasteiger partial charge >= 0.3 is 0 Å². The lowest BCUT2D eigenvalue weighted by Gasteiger charge is -2.12. The van der Waals surface area contributed by atoms with Crippen molar-refractivity contribution in [3.8, 4) is 0 Å². The van der Waals surface area contributed by atoms with Crippen molar-refractivity contribution < 1.29 is 9.59 Å². The smallest absolute Gasteiger partial charge is 0.237 e. The van der Waals surface area contributed by atoms with Gasteiger partial charge in [0.05, 0.1) is 12.1 Å². The normalized spacial score (nSPS) is 14.5. The van der Waals surface area contributed by atoms with Crippen LogP contribution in [-0.4, -0.2) is 30.8 Å². The van der Waals surface area contributed by atoms with Gasteiger partial charge in [-0.1, -0.05) is 6.42 Å². The van der Waals surface area contributed by atoms with E-state index in [9.17, 15) is 9.59 Å². The number of hydrogen-bond acceptors (Lipinski definition) is 4. The van der Waals surface area contributed by atoms with Gasteiger partial charge in [0.25, 0.3) is 0 Å². The Bertz CT molecular complexity index is 185. The van der Waals surface area contributed by atoms with Crippen LogP contribution in [0.5, 0.6) is 0 Å². The van der Waals surface area contributed by atoms with Gasteiger partial charge in [-0.25, -0.2) is 0 Å². The summed E-state index contributed by atoms with van der Waals surface area (Å²) in [5.74, 6) is -0.308. The van der Waals surface area contributed by atoms with Crippen molar-refractivity contribution in [2.24, 2.45) is 11.5 Å². The molecule has 0 aromatic rings. The molecule has 0 aliphatic heterocycles. The molecule has 5 heteroatoms. The van der Waals surface area contributed by atoms with Gasteiger partial charge in [-0.3, -0.25) is 9.59 Å². The SMILES string of the molecule is CC([C]=O)NC(=O)C(N)CCCCN. The Morgan fingerprint density at radius 2 is 2.14 bits per heavy atom. The molecule has 81 valence electrons. The van der Waals surface area contributed by atoms with Crippen molar-refractivity contribution in [2.45, 2.75) is 38.3 Å². The quantitative estimate of drug-likeness (QED) is 0.462. The average molecular weight is 200 g/mol. The number of unbranched alkanes of at least 4 members (excludes halogenated alkanes) is 1. The van der Waals surface area contributed by atoms with Crippen LogP contribution < -0.4 is 16.8 Å². The third-order valence-electron chi connectivity index (χ3n) is 1.84. The Labute approximate surface area is 84.2 Å². The van der Waals surface area contributed by atoms with Gasteiger partial charge in [-0.15, -0.1) is 0 Å². The van der Waals surface area contributed by atoms with Crippen LogP contribution >= 0.6 is 0 Å². The zero-order valence-electron chi connectivity index (χ0n) is 8.45. The number of carbonyl (C=O) groups is 1. The van der Waals surface area contributed by atoms with Gasteiger partial charge in [0, 0.05) is 0 Å². The standard InChI is InChI=1S/C9H18N3O2/c1-7(6-13)12-9(14)8(11)4-2-3-5-10/h7-8H,2-5,10-11H2,1H3,(H,12,14). The summed E-state index contributed by atoms with van der Waals surface area (Å²) >= 11 is 0. The molecule has 0 heterocycles. The van der Waals surface area contributed by atoms with Crippen molar-refractivity contribution in [2.75, 3.05) is 6.54 Å². The minimum absolute atomic E-state index is 0.308. The van der Waals surface area contributed by atoms with E-state index in [2.05, 4.69) is 5.32 Å². The number of hydrogen-bond donors (Lipinski definition) is 3. The molecule has 0 aromatic heterocycles. The number of rotatable bonds is 7. The summed E-state index contributed by atoms with van der Waals surface area (Å²) in [7, 11) is 0. The number of nitrogens with two attached hydrogens (primary N) is 2. The molecule has 0 spiro atoms. The summed E-state index contributed by atoms with van der Waals surface area (Å²) in [6.07, 6.45) is 3.93. The molecule has 0 saturated carbocycles. The van der Waals surface area contributed by atoms with Crippen molar-refractivity contribution >= 4 is 12.2 Å². The van der Waals surface area contributed by atoms with Gasteiger partial charge < -0.3 is 16.8 Å². The topological polar surface area (TPSA) is 98.2 Å². The number of amides is 1. The molecular weight excluding hydrogens is 182 g/mol. The van der Waals surface area contributed by atoms with Crippen LogP contribution in [0.2, 0.25) is 0 Å². The zero-order chi connectivity index (χ0) is 11.0. The molecule has 2 unspecified atom stereocenters. The van der Waals surface area contributed by atoms with E-state index < -0.39 is 12.1 Å². The molecular formula is C9H18N3O2. The molecule has 0 saturated heterocycles. The lowest BCUT2D eigenvalue weighted by atomic mass is 10.1. The summed E-state index contributed by atoms with van der Waals surface area (Å²) in [5.41, 5.74) is 10.9. The van der Waals surface area contributed by atoms with Crippen molar-refractivity contribution in [1.29, 1.82) is 0 Å². The third-order valence-corrected chi connectivity index (χ3v) is 1.84. The number of carbonyl (C=O) groups excluding carboxylic acids is 2. The van der Waals surface area contributed by atoms with Gasteiger partial charge in [0.1, 0.15) is 0 Å². The summed E-state index contributed by atoms with van der Waals surface area (Å²) in [4.78, 5) is 21.4. The minimum atomic E-state index is -0.594. The van der Waals surface area contributed by atoms with Crippen LogP contribution in [-0.2, 0) is 9.59 Å². The molecule has 1 radical (unpaired) electrons. The van der Waals surface area contributed by atoms with Gasteiger partial charge in [0.15, 0.2) is 0 Å². The van der Waals surface area contributed by atoms with Crippen molar-refractivity contribution in [3.63, 3.8) is 0 Å². The zero-order valence-corrected chi connectivity index (χ0v) is 8.45.